The van der Waals surface area contributed by atoms with Crippen molar-refractivity contribution in [3.8, 4) is 0 Å². The molecule has 1 aromatic carbocycles. The van der Waals surface area contributed by atoms with Crippen molar-refractivity contribution in [3.63, 3.8) is 0 Å². The van der Waals surface area contributed by atoms with Crippen molar-refractivity contribution in [2.24, 2.45) is 5.41 Å². The number of sulfonamides is 1. The quantitative estimate of drug-likeness (QED) is 0.505. The zero-order valence-electron chi connectivity index (χ0n) is 17.2. The molecule has 1 aliphatic heterocycles. The Balaban J connectivity index is 1.99. The molecule has 1 fully saturated rings. The highest BCUT2D eigenvalue weighted by Crippen LogP contribution is 2.28. The molecule has 28 heavy (non-hydrogen) atoms. The highest BCUT2D eigenvalue weighted by molar-refractivity contribution is 7.89. The minimum atomic E-state index is -3.55. The number of halogens is 1. The third-order valence-electron chi connectivity index (χ3n) is 4.77. The van der Waals surface area contributed by atoms with E-state index in [4.69, 9.17) is 11.6 Å². The van der Waals surface area contributed by atoms with Gasteiger partial charge in [0, 0.05) is 13.1 Å². The molecule has 0 saturated carbocycles. The summed E-state index contributed by atoms with van der Waals surface area (Å²) in [6.07, 6.45) is 1.75. The fourth-order valence-corrected chi connectivity index (χ4v) is 5.37. The first-order valence-electron chi connectivity index (χ1n) is 9.71. The van der Waals surface area contributed by atoms with E-state index in [1.165, 1.54) is 27.4 Å². The summed E-state index contributed by atoms with van der Waals surface area (Å²) in [6.45, 7) is 7.51. The van der Waals surface area contributed by atoms with Crippen LogP contribution in [0.3, 0.4) is 0 Å². The summed E-state index contributed by atoms with van der Waals surface area (Å²) >= 11 is 6.18. The van der Waals surface area contributed by atoms with Crippen molar-refractivity contribution in [3.05, 3.63) is 23.2 Å². The van der Waals surface area contributed by atoms with Crippen LogP contribution in [0.2, 0.25) is 5.02 Å². The van der Waals surface area contributed by atoms with Gasteiger partial charge in [-0.1, -0.05) is 11.6 Å². The van der Waals surface area contributed by atoms with Crippen LogP contribution in [0.25, 0.3) is 0 Å². The highest BCUT2D eigenvalue weighted by atomic mass is 35.5. The molecule has 4 N–H and O–H groups in total. The molecule has 0 aliphatic carbocycles. The maximum Gasteiger partial charge on any atom is 0.279 e. The monoisotopic (exact) mass is 432 g/mol. The highest BCUT2D eigenvalue weighted by Gasteiger charge is 2.28. The third-order valence-corrected chi connectivity index (χ3v) is 7.00. The number of carbonyl (C=O) groups excluding carboxylic acids is 1. The standard InChI is InChI=1S/C19H31ClN4O3S/c1-19(2,14-23(3)4)13-21-12-18(25)22-17-11-15(7-8-16(17)20)28(26,27)24-9-5-6-10-24/h7-8,11,21H,5-6,9-10,12-14H2,1-4H3,(H,22,25)/p+2. The van der Waals surface area contributed by atoms with Gasteiger partial charge in [0.25, 0.3) is 5.91 Å². The normalized spacial score (nSPS) is 15.9. The van der Waals surface area contributed by atoms with E-state index in [1.54, 1.807) is 0 Å². The second-order valence-corrected chi connectivity index (χ2v) is 10.9. The summed E-state index contributed by atoms with van der Waals surface area (Å²) in [7, 11) is 0.673. The van der Waals surface area contributed by atoms with Gasteiger partial charge in [-0.25, -0.2) is 8.42 Å². The first-order valence-corrected chi connectivity index (χ1v) is 11.5. The zero-order chi connectivity index (χ0) is 20.9. The van der Waals surface area contributed by atoms with Gasteiger partial charge in [-0.15, -0.1) is 0 Å². The minimum absolute atomic E-state index is 0.112. The van der Waals surface area contributed by atoms with Gasteiger partial charge in [0.15, 0.2) is 6.54 Å². The number of carbonyl (C=O) groups is 1. The predicted octanol–water partition coefficient (Wildman–Crippen LogP) is -0.203. The molecule has 0 radical (unpaired) electrons. The molecule has 1 saturated heterocycles. The van der Waals surface area contributed by atoms with Gasteiger partial charge in [-0.2, -0.15) is 4.31 Å². The van der Waals surface area contributed by atoms with Crippen LogP contribution in [0.15, 0.2) is 23.1 Å². The molecule has 1 aliphatic rings. The predicted molar refractivity (Wildman–Crippen MR) is 111 cm³/mol. The molecule has 0 bridgehead atoms. The van der Waals surface area contributed by atoms with E-state index in [-0.39, 0.29) is 22.8 Å². The van der Waals surface area contributed by atoms with Crippen LogP contribution in [0, 0.1) is 5.41 Å². The zero-order valence-corrected chi connectivity index (χ0v) is 18.8. The summed E-state index contributed by atoms with van der Waals surface area (Å²) in [5.74, 6) is -0.203. The van der Waals surface area contributed by atoms with E-state index < -0.39 is 10.0 Å². The minimum Gasteiger partial charge on any atom is -0.339 e. The van der Waals surface area contributed by atoms with Crippen LogP contribution in [0.5, 0.6) is 0 Å². The molecule has 1 amide bonds. The molecule has 9 heteroatoms. The Kier molecular flexibility index (Phi) is 7.87. The molecule has 158 valence electrons. The molecule has 0 aromatic heterocycles. The van der Waals surface area contributed by atoms with Crippen molar-refractivity contribution in [1.29, 1.82) is 0 Å². The van der Waals surface area contributed by atoms with Gasteiger partial charge in [0.2, 0.25) is 10.0 Å². The Morgan fingerprint density at radius 3 is 2.54 bits per heavy atom. The van der Waals surface area contributed by atoms with E-state index in [0.29, 0.717) is 23.8 Å². The second kappa shape index (κ2) is 9.54. The topological polar surface area (TPSA) is 87.5 Å². The largest absolute Gasteiger partial charge is 0.339 e. The molecule has 0 spiro atoms. The van der Waals surface area contributed by atoms with Gasteiger partial charge in [-0.3, -0.25) is 4.79 Å². The Morgan fingerprint density at radius 2 is 1.93 bits per heavy atom. The van der Waals surface area contributed by atoms with Crippen LogP contribution in [-0.4, -0.2) is 65.4 Å². The van der Waals surface area contributed by atoms with Gasteiger partial charge < -0.3 is 15.5 Å². The Hall–Kier alpha value is -1.19. The molecule has 1 heterocycles. The van der Waals surface area contributed by atoms with E-state index in [1.807, 2.05) is 5.32 Å². The van der Waals surface area contributed by atoms with Gasteiger partial charge >= 0.3 is 0 Å². The Bertz CT molecular complexity index is 790. The van der Waals surface area contributed by atoms with Gasteiger partial charge in [-0.05, 0) is 44.9 Å². The van der Waals surface area contributed by atoms with Gasteiger partial charge in [0.1, 0.15) is 0 Å². The molecule has 0 atom stereocenters. The van der Waals surface area contributed by atoms with Crippen molar-refractivity contribution < 1.29 is 23.4 Å². The van der Waals surface area contributed by atoms with E-state index >= 15 is 0 Å². The fourth-order valence-electron chi connectivity index (χ4n) is 3.66. The lowest BCUT2D eigenvalue weighted by molar-refractivity contribution is -0.868. The molecule has 2 rings (SSSR count). The number of anilines is 1. The van der Waals surface area contributed by atoms with Crippen molar-refractivity contribution in [1.82, 2.24) is 4.31 Å². The summed E-state index contributed by atoms with van der Waals surface area (Å²) in [4.78, 5) is 13.9. The van der Waals surface area contributed by atoms with Crippen LogP contribution in [0.4, 0.5) is 5.69 Å². The average molecular weight is 433 g/mol. The number of hydrogen-bond donors (Lipinski definition) is 3. The molecule has 7 nitrogen and oxygen atoms in total. The van der Waals surface area contributed by atoms with Gasteiger partial charge in [0.05, 0.1) is 48.2 Å². The van der Waals surface area contributed by atoms with E-state index in [9.17, 15) is 13.2 Å². The summed E-state index contributed by atoms with van der Waals surface area (Å²) in [5.41, 5.74) is 0.442. The Labute approximate surface area is 173 Å². The number of amides is 1. The lowest BCUT2D eigenvalue weighted by atomic mass is 9.93. The first-order chi connectivity index (χ1) is 13.0. The maximum atomic E-state index is 12.7. The second-order valence-electron chi connectivity index (χ2n) is 8.55. The smallest absolute Gasteiger partial charge is 0.279 e. The lowest BCUT2D eigenvalue weighted by Gasteiger charge is -2.23. The average Bonchev–Trinajstić information content (AvgIpc) is 3.10. The number of nitrogens with zero attached hydrogens (tertiary/aromatic N) is 1. The molecular weight excluding hydrogens is 400 g/mol. The number of hydrogen-bond acceptors (Lipinski definition) is 3. The summed E-state index contributed by atoms with van der Waals surface area (Å²) < 4.78 is 26.9. The molecule has 0 unspecified atom stereocenters. The SMILES string of the molecule is C[NH+](C)CC(C)(C)C[NH2+]CC(=O)Nc1cc(S(=O)(=O)N2CCCC2)ccc1Cl. The van der Waals surface area contributed by atoms with Crippen LogP contribution >= 0.6 is 11.6 Å². The van der Waals surface area contributed by atoms with E-state index in [0.717, 1.165) is 25.9 Å². The third kappa shape index (κ3) is 6.42. The number of nitrogens with one attached hydrogen (secondary N) is 2. The summed E-state index contributed by atoms with van der Waals surface area (Å²) in [6, 6.07) is 4.46. The number of benzene rings is 1. The lowest BCUT2D eigenvalue weighted by Crippen LogP contribution is -3.08. The number of nitrogens with two attached hydrogens (primary N) is 1. The Morgan fingerprint density at radius 1 is 1.29 bits per heavy atom. The van der Waals surface area contributed by atoms with Crippen molar-refractivity contribution in [2.45, 2.75) is 31.6 Å². The molecular formula is C19H33ClN4O3S+2. The van der Waals surface area contributed by atoms with Crippen molar-refractivity contribution in [2.75, 3.05) is 52.1 Å². The maximum absolute atomic E-state index is 12.7. The fraction of sp³-hybridized carbons (Fsp3) is 0.632. The first kappa shape index (κ1) is 23.1. The summed E-state index contributed by atoms with van der Waals surface area (Å²) in [5, 5.41) is 5.04. The van der Waals surface area contributed by atoms with Crippen LogP contribution < -0.4 is 15.5 Å². The van der Waals surface area contributed by atoms with Crippen molar-refractivity contribution >= 4 is 33.2 Å². The van der Waals surface area contributed by atoms with Crippen LogP contribution in [-0.2, 0) is 14.8 Å². The number of quaternary nitrogens is 2. The molecule has 1 aromatic rings. The van der Waals surface area contributed by atoms with E-state index in [2.05, 4.69) is 33.3 Å². The number of rotatable bonds is 9. The van der Waals surface area contributed by atoms with Crippen LogP contribution in [0.1, 0.15) is 26.7 Å².